The van der Waals surface area contributed by atoms with E-state index in [1.807, 2.05) is 0 Å². The van der Waals surface area contributed by atoms with Crippen LogP contribution in [0.25, 0.3) is 0 Å². The van der Waals surface area contributed by atoms with E-state index in [4.69, 9.17) is 4.98 Å². The molecule has 0 aromatic carbocycles. The van der Waals surface area contributed by atoms with Crippen molar-refractivity contribution in [3.05, 3.63) is 29.6 Å². The summed E-state index contributed by atoms with van der Waals surface area (Å²) >= 11 is 0. The highest BCUT2D eigenvalue weighted by atomic mass is 15.2. The van der Waals surface area contributed by atoms with Gasteiger partial charge in [0.2, 0.25) is 0 Å². The minimum absolute atomic E-state index is 0.501. The van der Waals surface area contributed by atoms with E-state index in [0.29, 0.717) is 6.04 Å². The quantitative estimate of drug-likeness (QED) is 0.887. The van der Waals surface area contributed by atoms with Crippen LogP contribution in [0.1, 0.15) is 31.7 Å². The number of hydrogen-bond donors (Lipinski definition) is 1. The molecule has 2 heterocycles. The Balaban J connectivity index is 1.90. The van der Waals surface area contributed by atoms with Crippen LogP contribution in [-0.2, 0) is 13.1 Å². The summed E-state index contributed by atoms with van der Waals surface area (Å²) in [5.41, 5.74) is 2.33. The second-order valence-electron chi connectivity index (χ2n) is 6.09. The van der Waals surface area contributed by atoms with Crippen molar-refractivity contribution in [2.24, 2.45) is 0 Å². The fraction of sp³-hybridized carbons (Fsp3) is 0.688. The Bertz CT molecular complexity index is 405. The molecule has 0 spiro atoms. The van der Waals surface area contributed by atoms with Crippen LogP contribution in [0.4, 0.5) is 0 Å². The number of rotatable bonds is 5. The van der Waals surface area contributed by atoms with Crippen molar-refractivity contribution in [1.29, 1.82) is 0 Å². The molecule has 0 atom stereocenters. The summed E-state index contributed by atoms with van der Waals surface area (Å²) in [4.78, 5) is 9.70. The summed E-state index contributed by atoms with van der Waals surface area (Å²) in [5, 5.41) is 3.43. The van der Waals surface area contributed by atoms with Gasteiger partial charge >= 0.3 is 0 Å². The molecule has 1 saturated heterocycles. The lowest BCUT2D eigenvalue weighted by Gasteiger charge is -2.20. The SMILES string of the molecule is CC(C)NCc1cccc(CN2CCCN(C)CC2)n1. The van der Waals surface area contributed by atoms with Crippen molar-refractivity contribution < 1.29 is 0 Å². The molecule has 20 heavy (non-hydrogen) atoms. The summed E-state index contributed by atoms with van der Waals surface area (Å²) in [5.74, 6) is 0. The lowest BCUT2D eigenvalue weighted by molar-refractivity contribution is 0.266. The molecule has 0 amide bonds. The molecular formula is C16H28N4. The first kappa shape index (κ1) is 15.4. The van der Waals surface area contributed by atoms with E-state index in [2.05, 4.69) is 54.2 Å². The van der Waals surface area contributed by atoms with Crippen molar-refractivity contribution in [3.8, 4) is 0 Å². The third-order valence-electron chi connectivity index (χ3n) is 3.75. The van der Waals surface area contributed by atoms with Gasteiger partial charge in [0.05, 0.1) is 11.4 Å². The fourth-order valence-corrected chi connectivity index (χ4v) is 2.51. The maximum absolute atomic E-state index is 4.77. The lowest BCUT2D eigenvalue weighted by atomic mass is 10.2. The molecule has 4 nitrogen and oxygen atoms in total. The number of nitrogens with one attached hydrogen (secondary N) is 1. The second-order valence-corrected chi connectivity index (χ2v) is 6.09. The maximum Gasteiger partial charge on any atom is 0.0547 e. The number of hydrogen-bond acceptors (Lipinski definition) is 4. The summed E-state index contributed by atoms with van der Waals surface area (Å²) in [6, 6.07) is 6.88. The molecule has 4 heteroatoms. The van der Waals surface area contributed by atoms with Gasteiger partial charge in [-0.15, -0.1) is 0 Å². The first-order valence-electron chi connectivity index (χ1n) is 7.72. The molecule has 1 aliphatic heterocycles. The van der Waals surface area contributed by atoms with Gasteiger partial charge in [0.25, 0.3) is 0 Å². The molecule has 0 radical (unpaired) electrons. The first-order chi connectivity index (χ1) is 9.63. The van der Waals surface area contributed by atoms with Gasteiger partial charge in [-0.25, -0.2) is 0 Å². The number of likely N-dealkylation sites (N-methyl/N-ethyl adjacent to an activating group) is 1. The predicted molar refractivity (Wildman–Crippen MR) is 83.6 cm³/mol. The van der Waals surface area contributed by atoms with Gasteiger partial charge in [0, 0.05) is 32.2 Å². The van der Waals surface area contributed by atoms with Crippen LogP contribution in [0.15, 0.2) is 18.2 Å². The van der Waals surface area contributed by atoms with Gasteiger partial charge < -0.3 is 10.2 Å². The van der Waals surface area contributed by atoms with E-state index in [1.165, 1.54) is 25.2 Å². The highest BCUT2D eigenvalue weighted by Gasteiger charge is 2.12. The molecule has 1 aromatic rings. The van der Waals surface area contributed by atoms with Crippen LogP contribution in [0, 0.1) is 0 Å². The molecule has 1 N–H and O–H groups in total. The normalized spacial score (nSPS) is 18.4. The van der Waals surface area contributed by atoms with Gasteiger partial charge in [0.1, 0.15) is 0 Å². The molecule has 2 rings (SSSR count). The van der Waals surface area contributed by atoms with Gasteiger partial charge in [-0.1, -0.05) is 19.9 Å². The van der Waals surface area contributed by atoms with E-state index in [0.717, 1.165) is 31.9 Å². The summed E-state index contributed by atoms with van der Waals surface area (Å²) < 4.78 is 0. The zero-order valence-corrected chi connectivity index (χ0v) is 13.1. The monoisotopic (exact) mass is 276 g/mol. The third kappa shape index (κ3) is 5.19. The van der Waals surface area contributed by atoms with Crippen molar-refractivity contribution >= 4 is 0 Å². The van der Waals surface area contributed by atoms with Crippen LogP contribution < -0.4 is 5.32 Å². The first-order valence-corrected chi connectivity index (χ1v) is 7.72. The Hall–Kier alpha value is -0.970. The zero-order chi connectivity index (χ0) is 14.4. The van der Waals surface area contributed by atoms with Gasteiger partial charge in [-0.2, -0.15) is 0 Å². The zero-order valence-electron chi connectivity index (χ0n) is 13.1. The molecular weight excluding hydrogens is 248 g/mol. The Labute approximate surface area is 123 Å². The number of aromatic nitrogens is 1. The summed E-state index contributed by atoms with van der Waals surface area (Å²) in [6.45, 7) is 10.9. The van der Waals surface area contributed by atoms with Gasteiger partial charge in [-0.3, -0.25) is 9.88 Å². The summed E-state index contributed by atoms with van der Waals surface area (Å²) in [6.07, 6.45) is 1.26. The van der Waals surface area contributed by atoms with E-state index < -0.39 is 0 Å². The largest absolute Gasteiger partial charge is 0.309 e. The fourth-order valence-electron chi connectivity index (χ4n) is 2.51. The maximum atomic E-state index is 4.77. The minimum Gasteiger partial charge on any atom is -0.309 e. The van der Waals surface area contributed by atoms with Crippen LogP contribution in [0.3, 0.4) is 0 Å². The molecule has 0 bridgehead atoms. The van der Waals surface area contributed by atoms with Gasteiger partial charge in [-0.05, 0) is 38.7 Å². The van der Waals surface area contributed by atoms with E-state index in [-0.39, 0.29) is 0 Å². The molecule has 0 unspecified atom stereocenters. The second kappa shape index (κ2) is 7.72. The Morgan fingerprint density at radius 2 is 1.95 bits per heavy atom. The highest BCUT2D eigenvalue weighted by molar-refractivity contribution is 5.11. The van der Waals surface area contributed by atoms with E-state index in [9.17, 15) is 0 Å². The molecule has 0 aliphatic carbocycles. The van der Waals surface area contributed by atoms with Crippen LogP contribution in [-0.4, -0.2) is 54.1 Å². The summed E-state index contributed by atoms with van der Waals surface area (Å²) in [7, 11) is 2.21. The van der Waals surface area contributed by atoms with E-state index >= 15 is 0 Å². The lowest BCUT2D eigenvalue weighted by Crippen LogP contribution is -2.29. The van der Waals surface area contributed by atoms with Crippen LogP contribution in [0.5, 0.6) is 0 Å². The number of pyridine rings is 1. The van der Waals surface area contributed by atoms with Crippen LogP contribution in [0.2, 0.25) is 0 Å². The van der Waals surface area contributed by atoms with E-state index in [1.54, 1.807) is 0 Å². The van der Waals surface area contributed by atoms with Crippen molar-refractivity contribution in [3.63, 3.8) is 0 Å². The average molecular weight is 276 g/mol. The van der Waals surface area contributed by atoms with Crippen molar-refractivity contribution in [2.75, 3.05) is 33.2 Å². The highest BCUT2D eigenvalue weighted by Crippen LogP contribution is 2.07. The van der Waals surface area contributed by atoms with Crippen LogP contribution >= 0.6 is 0 Å². The molecule has 0 saturated carbocycles. The smallest absolute Gasteiger partial charge is 0.0547 e. The van der Waals surface area contributed by atoms with Crippen molar-refractivity contribution in [1.82, 2.24) is 20.1 Å². The minimum atomic E-state index is 0.501. The predicted octanol–water partition coefficient (Wildman–Crippen LogP) is 1.72. The number of nitrogens with zero attached hydrogens (tertiary/aromatic N) is 3. The van der Waals surface area contributed by atoms with Crippen molar-refractivity contribution in [2.45, 2.75) is 39.4 Å². The topological polar surface area (TPSA) is 31.4 Å². The Morgan fingerprint density at radius 3 is 2.75 bits per heavy atom. The molecule has 1 aliphatic rings. The molecule has 1 fully saturated rings. The van der Waals surface area contributed by atoms with Gasteiger partial charge in [0.15, 0.2) is 0 Å². The third-order valence-corrected chi connectivity index (χ3v) is 3.75. The molecule has 1 aromatic heterocycles. The standard InChI is InChI=1S/C16H28N4/c1-14(2)17-12-15-6-4-7-16(18-15)13-20-9-5-8-19(3)10-11-20/h4,6-7,14,17H,5,8-13H2,1-3H3. The Kier molecular flexibility index (Phi) is 5.95. The Morgan fingerprint density at radius 1 is 1.15 bits per heavy atom. The molecule has 112 valence electrons. The average Bonchev–Trinajstić information content (AvgIpc) is 2.62.